The van der Waals surface area contributed by atoms with E-state index >= 15 is 0 Å². The number of nitrogens with zero attached hydrogens (tertiary/aromatic N) is 1. The third-order valence-electron chi connectivity index (χ3n) is 3.01. The highest BCUT2D eigenvalue weighted by molar-refractivity contribution is 7.99. The summed E-state index contributed by atoms with van der Waals surface area (Å²) in [7, 11) is 0. The first kappa shape index (κ1) is 15.6. The van der Waals surface area contributed by atoms with Crippen molar-refractivity contribution >= 4 is 23.6 Å². The second kappa shape index (κ2) is 7.88. The van der Waals surface area contributed by atoms with Gasteiger partial charge in [-0.3, -0.25) is 10.1 Å². The lowest BCUT2D eigenvalue weighted by molar-refractivity contribution is -0.113. The van der Waals surface area contributed by atoms with E-state index in [1.165, 1.54) is 5.56 Å². The van der Waals surface area contributed by atoms with Crippen molar-refractivity contribution in [3.8, 4) is 11.3 Å². The number of hydrogen-bond donors (Lipinski definition) is 1. The van der Waals surface area contributed by atoms with Crippen LogP contribution >= 0.6 is 11.8 Å². The molecule has 0 bridgehead atoms. The van der Waals surface area contributed by atoms with Gasteiger partial charge in [0.2, 0.25) is 11.8 Å². The van der Waals surface area contributed by atoms with Crippen molar-refractivity contribution in [1.82, 2.24) is 5.16 Å². The van der Waals surface area contributed by atoms with Crippen molar-refractivity contribution < 1.29 is 9.32 Å². The number of aryl methyl sites for hydroxylation is 1. The van der Waals surface area contributed by atoms with Crippen LogP contribution < -0.4 is 5.32 Å². The molecule has 4 nitrogen and oxygen atoms in total. The molecule has 2 aromatic rings. The Morgan fingerprint density at radius 3 is 2.71 bits per heavy atom. The van der Waals surface area contributed by atoms with Crippen molar-refractivity contribution in [2.75, 3.05) is 16.8 Å². The predicted molar refractivity (Wildman–Crippen MR) is 87.6 cm³/mol. The molecule has 1 aromatic carbocycles. The third kappa shape index (κ3) is 4.63. The largest absolute Gasteiger partial charge is 0.338 e. The smallest absolute Gasteiger partial charge is 0.236 e. The average Bonchev–Trinajstić information content (AvgIpc) is 2.96. The Labute approximate surface area is 129 Å². The summed E-state index contributed by atoms with van der Waals surface area (Å²) >= 11 is 1.61. The van der Waals surface area contributed by atoms with Crippen LogP contribution in [0.2, 0.25) is 0 Å². The molecule has 0 aliphatic carbocycles. The highest BCUT2D eigenvalue weighted by Crippen LogP contribution is 2.22. The number of aromatic nitrogens is 1. The summed E-state index contributed by atoms with van der Waals surface area (Å²) in [5.41, 5.74) is 3.00. The van der Waals surface area contributed by atoms with E-state index in [-0.39, 0.29) is 5.91 Å². The first-order valence-electron chi connectivity index (χ1n) is 7.16. The Balaban J connectivity index is 1.95. The van der Waals surface area contributed by atoms with Crippen LogP contribution in [0, 0.1) is 0 Å². The van der Waals surface area contributed by atoms with E-state index in [0.29, 0.717) is 11.6 Å². The van der Waals surface area contributed by atoms with Crippen LogP contribution in [0.1, 0.15) is 25.8 Å². The van der Waals surface area contributed by atoms with E-state index in [9.17, 15) is 4.79 Å². The predicted octanol–water partition coefficient (Wildman–Crippen LogP) is 3.99. The zero-order valence-corrected chi connectivity index (χ0v) is 13.2. The normalized spacial score (nSPS) is 10.6. The van der Waals surface area contributed by atoms with Gasteiger partial charge in [-0.2, -0.15) is 11.8 Å². The van der Waals surface area contributed by atoms with E-state index in [1.54, 1.807) is 17.8 Å². The van der Waals surface area contributed by atoms with E-state index < -0.39 is 0 Å². The van der Waals surface area contributed by atoms with Crippen LogP contribution in [-0.2, 0) is 11.2 Å². The summed E-state index contributed by atoms with van der Waals surface area (Å²) in [6.07, 6.45) is 2.08. The Bertz CT molecular complexity index is 578. The Morgan fingerprint density at radius 1 is 1.29 bits per heavy atom. The molecule has 1 amide bonds. The van der Waals surface area contributed by atoms with Gasteiger partial charge in [-0.25, -0.2) is 0 Å². The molecule has 21 heavy (non-hydrogen) atoms. The quantitative estimate of drug-likeness (QED) is 0.786. The molecular weight excluding hydrogens is 284 g/mol. The lowest BCUT2D eigenvalue weighted by atomic mass is 10.1. The Hall–Kier alpha value is -1.75. The fourth-order valence-electron chi connectivity index (χ4n) is 1.86. The van der Waals surface area contributed by atoms with Gasteiger partial charge in [-0.1, -0.05) is 43.3 Å². The molecule has 0 radical (unpaired) electrons. The maximum Gasteiger partial charge on any atom is 0.236 e. The first-order chi connectivity index (χ1) is 10.2. The Morgan fingerprint density at radius 2 is 2.05 bits per heavy atom. The molecule has 0 atom stereocenters. The van der Waals surface area contributed by atoms with Gasteiger partial charge >= 0.3 is 0 Å². The standard InChI is InChI=1S/C16H20N2O2S/c1-3-9-21-11-15(19)17-16-10-14(18-20-16)13-7-5-12(4-2)6-8-13/h5-8,10H,3-4,9,11H2,1-2H3,(H,17,19). The molecule has 0 saturated carbocycles. The van der Waals surface area contributed by atoms with E-state index in [1.807, 2.05) is 12.1 Å². The molecule has 1 N–H and O–H groups in total. The summed E-state index contributed by atoms with van der Waals surface area (Å²) in [4.78, 5) is 11.7. The molecule has 0 unspecified atom stereocenters. The first-order valence-corrected chi connectivity index (χ1v) is 8.32. The number of anilines is 1. The summed E-state index contributed by atoms with van der Waals surface area (Å²) in [6.45, 7) is 4.22. The SMILES string of the molecule is CCCSCC(=O)Nc1cc(-c2ccc(CC)cc2)no1. The second-order valence-electron chi connectivity index (χ2n) is 4.73. The van der Waals surface area contributed by atoms with Crippen molar-refractivity contribution in [3.05, 3.63) is 35.9 Å². The van der Waals surface area contributed by atoms with Crippen LogP contribution in [0.25, 0.3) is 11.3 Å². The lowest BCUT2D eigenvalue weighted by Crippen LogP contribution is -2.13. The molecule has 0 fully saturated rings. The van der Waals surface area contributed by atoms with Gasteiger partial charge in [0.25, 0.3) is 0 Å². The number of thioether (sulfide) groups is 1. The van der Waals surface area contributed by atoms with Gasteiger partial charge in [0.15, 0.2) is 0 Å². The van der Waals surface area contributed by atoms with E-state index in [4.69, 9.17) is 4.52 Å². The summed E-state index contributed by atoms with van der Waals surface area (Å²) in [6, 6.07) is 9.93. The summed E-state index contributed by atoms with van der Waals surface area (Å²) < 4.78 is 5.16. The van der Waals surface area contributed by atoms with Gasteiger partial charge in [-0.05, 0) is 24.2 Å². The van der Waals surface area contributed by atoms with Crippen molar-refractivity contribution in [1.29, 1.82) is 0 Å². The number of rotatable bonds is 7. The highest BCUT2D eigenvalue weighted by Gasteiger charge is 2.09. The van der Waals surface area contributed by atoms with Crippen molar-refractivity contribution in [3.63, 3.8) is 0 Å². The van der Waals surface area contributed by atoms with Gasteiger partial charge in [0, 0.05) is 11.6 Å². The summed E-state index contributed by atoms with van der Waals surface area (Å²) in [5.74, 6) is 1.76. The van der Waals surface area contributed by atoms with E-state index in [2.05, 4.69) is 36.5 Å². The fourth-order valence-corrected chi connectivity index (χ4v) is 2.55. The van der Waals surface area contributed by atoms with Crippen LogP contribution in [0.5, 0.6) is 0 Å². The minimum atomic E-state index is -0.0579. The number of carbonyl (C=O) groups is 1. The van der Waals surface area contributed by atoms with Gasteiger partial charge < -0.3 is 4.52 Å². The second-order valence-corrected chi connectivity index (χ2v) is 5.83. The summed E-state index contributed by atoms with van der Waals surface area (Å²) in [5, 5.41) is 6.72. The van der Waals surface area contributed by atoms with Crippen LogP contribution in [-0.4, -0.2) is 22.6 Å². The third-order valence-corrected chi connectivity index (χ3v) is 4.18. The molecule has 1 heterocycles. The molecular formula is C16H20N2O2S. The lowest BCUT2D eigenvalue weighted by Gasteiger charge is -1.99. The molecule has 0 spiro atoms. The molecule has 0 saturated heterocycles. The van der Waals surface area contributed by atoms with Crippen molar-refractivity contribution in [2.24, 2.45) is 0 Å². The van der Waals surface area contributed by atoms with Gasteiger partial charge in [-0.15, -0.1) is 0 Å². The molecule has 5 heteroatoms. The van der Waals surface area contributed by atoms with Gasteiger partial charge in [0.05, 0.1) is 5.75 Å². The number of carbonyl (C=O) groups excluding carboxylic acids is 1. The van der Waals surface area contributed by atoms with Crippen LogP contribution in [0.3, 0.4) is 0 Å². The molecule has 1 aromatic heterocycles. The monoisotopic (exact) mass is 304 g/mol. The maximum absolute atomic E-state index is 11.7. The minimum Gasteiger partial charge on any atom is -0.338 e. The molecule has 0 aliphatic rings. The minimum absolute atomic E-state index is 0.0579. The molecule has 0 aliphatic heterocycles. The van der Waals surface area contributed by atoms with Crippen LogP contribution in [0.4, 0.5) is 5.88 Å². The average molecular weight is 304 g/mol. The van der Waals surface area contributed by atoms with E-state index in [0.717, 1.165) is 29.9 Å². The van der Waals surface area contributed by atoms with Crippen LogP contribution in [0.15, 0.2) is 34.9 Å². The number of nitrogens with one attached hydrogen (secondary N) is 1. The fraction of sp³-hybridized carbons (Fsp3) is 0.375. The molecule has 112 valence electrons. The topological polar surface area (TPSA) is 55.1 Å². The van der Waals surface area contributed by atoms with Gasteiger partial charge in [0.1, 0.15) is 5.69 Å². The number of benzene rings is 1. The zero-order valence-electron chi connectivity index (χ0n) is 12.4. The Kier molecular flexibility index (Phi) is 5.87. The number of amides is 1. The zero-order chi connectivity index (χ0) is 15.1. The molecule has 2 rings (SSSR count). The van der Waals surface area contributed by atoms with Crippen molar-refractivity contribution in [2.45, 2.75) is 26.7 Å². The number of hydrogen-bond acceptors (Lipinski definition) is 4. The maximum atomic E-state index is 11.7. The highest BCUT2D eigenvalue weighted by atomic mass is 32.2.